The Hall–Kier alpha value is -2.37. The molecule has 0 saturated carbocycles. The van der Waals surface area contributed by atoms with Gasteiger partial charge in [0, 0.05) is 19.3 Å². The van der Waals surface area contributed by atoms with E-state index < -0.39 is 6.10 Å². The largest absolute Gasteiger partial charge is 0.462 e. The van der Waals surface area contributed by atoms with Gasteiger partial charge in [-0.05, 0) is 96.3 Å². The highest BCUT2D eigenvalue weighted by molar-refractivity contribution is 5.71. The molecule has 0 rings (SSSR count). The SMILES string of the molecule is CCCCCC/C=C/CCCCCCCC(=O)OC[C@H](COC(=O)CCCCCCCCCCC/C=C/CCCCCCCC)OC(=O)CCCCCCCCC/C=C/CCCCCCCC. The number of ether oxygens (including phenoxy) is 3. The summed E-state index contributed by atoms with van der Waals surface area (Å²) in [5.74, 6) is -0.874. The van der Waals surface area contributed by atoms with Crippen LogP contribution in [-0.4, -0.2) is 37.2 Å². The maximum Gasteiger partial charge on any atom is 0.306 e. The van der Waals surface area contributed by atoms with Crippen molar-refractivity contribution in [1.29, 1.82) is 0 Å². The Morgan fingerprint density at radius 3 is 0.761 bits per heavy atom. The number of allylic oxidation sites excluding steroid dienone is 6. The lowest BCUT2D eigenvalue weighted by Crippen LogP contribution is -2.30. The molecule has 0 bridgehead atoms. The van der Waals surface area contributed by atoms with E-state index in [9.17, 15) is 14.4 Å². The van der Waals surface area contributed by atoms with Crippen LogP contribution in [0.2, 0.25) is 0 Å². The summed E-state index contributed by atoms with van der Waals surface area (Å²) in [6, 6.07) is 0. The zero-order valence-corrected chi connectivity index (χ0v) is 44.9. The summed E-state index contributed by atoms with van der Waals surface area (Å²) in [5.41, 5.74) is 0. The molecule has 1 atom stereocenters. The van der Waals surface area contributed by atoms with Gasteiger partial charge in [0.15, 0.2) is 6.10 Å². The molecule has 0 N–H and O–H groups in total. The Labute approximate surface area is 416 Å². The molecule has 0 aliphatic heterocycles. The van der Waals surface area contributed by atoms with Crippen LogP contribution in [0.15, 0.2) is 36.5 Å². The van der Waals surface area contributed by atoms with Crippen LogP contribution in [0.25, 0.3) is 0 Å². The molecule has 0 radical (unpaired) electrons. The molecular formula is C61H112O6. The smallest absolute Gasteiger partial charge is 0.306 e. The predicted octanol–water partition coefficient (Wildman–Crippen LogP) is 19.7. The Morgan fingerprint density at radius 1 is 0.284 bits per heavy atom. The third-order valence-corrected chi connectivity index (χ3v) is 13.1. The highest BCUT2D eigenvalue weighted by Crippen LogP contribution is 2.16. The van der Waals surface area contributed by atoms with E-state index in [1.165, 1.54) is 212 Å². The van der Waals surface area contributed by atoms with E-state index in [1.807, 2.05) is 0 Å². The first-order chi connectivity index (χ1) is 33.0. The summed E-state index contributed by atoms with van der Waals surface area (Å²) < 4.78 is 16.9. The second-order valence-electron chi connectivity index (χ2n) is 19.9. The monoisotopic (exact) mass is 941 g/mol. The van der Waals surface area contributed by atoms with Crippen LogP contribution < -0.4 is 0 Å². The summed E-state index contributed by atoms with van der Waals surface area (Å²) in [7, 11) is 0. The van der Waals surface area contributed by atoms with Crippen LogP contribution in [0.3, 0.4) is 0 Å². The second kappa shape index (κ2) is 56.2. The Kier molecular flexibility index (Phi) is 54.2. The van der Waals surface area contributed by atoms with Gasteiger partial charge in [-0.3, -0.25) is 14.4 Å². The van der Waals surface area contributed by atoms with E-state index in [0.717, 1.165) is 64.2 Å². The molecule has 6 nitrogen and oxygen atoms in total. The summed E-state index contributed by atoms with van der Waals surface area (Å²) in [6.45, 7) is 6.64. The van der Waals surface area contributed by atoms with Crippen molar-refractivity contribution in [2.45, 2.75) is 322 Å². The quantitative estimate of drug-likeness (QED) is 0.0262. The molecule has 0 fully saturated rings. The van der Waals surface area contributed by atoms with E-state index in [4.69, 9.17) is 14.2 Å². The zero-order chi connectivity index (χ0) is 48.6. The van der Waals surface area contributed by atoms with Crippen molar-refractivity contribution in [2.24, 2.45) is 0 Å². The van der Waals surface area contributed by atoms with Crippen LogP contribution in [0.4, 0.5) is 0 Å². The molecular weight excluding hydrogens is 829 g/mol. The summed E-state index contributed by atoms with van der Waals surface area (Å²) >= 11 is 0. The van der Waals surface area contributed by atoms with Gasteiger partial charge >= 0.3 is 17.9 Å². The fourth-order valence-corrected chi connectivity index (χ4v) is 8.60. The standard InChI is InChI=1S/C61H112O6/c1-4-7-10-13-16-19-22-25-27-29-30-32-33-36-39-42-45-48-51-54-60(63)66-57-58(56-65-59(62)53-50-47-44-41-38-35-24-21-18-15-12-9-6-3)67-61(64)55-52-49-46-43-40-37-34-31-28-26-23-20-17-14-11-8-5-2/h21,24-28,58H,4-20,22-23,29-57H2,1-3H3/b24-21+,27-25+,28-26+/t58-/m1/s1. The fraction of sp³-hybridized carbons (Fsp3) is 0.852. The van der Waals surface area contributed by atoms with Crippen LogP contribution >= 0.6 is 0 Å². The molecule has 392 valence electrons. The molecule has 0 aliphatic rings. The second-order valence-corrected chi connectivity index (χ2v) is 19.9. The van der Waals surface area contributed by atoms with Crippen molar-refractivity contribution < 1.29 is 28.6 Å². The molecule has 67 heavy (non-hydrogen) atoms. The number of esters is 3. The van der Waals surface area contributed by atoms with Crippen LogP contribution in [0, 0.1) is 0 Å². The molecule has 0 saturated heterocycles. The molecule has 0 aromatic carbocycles. The molecule has 6 heteroatoms. The van der Waals surface area contributed by atoms with Crippen molar-refractivity contribution in [3.05, 3.63) is 36.5 Å². The maximum atomic E-state index is 12.9. The first-order valence-corrected chi connectivity index (χ1v) is 29.5. The van der Waals surface area contributed by atoms with Gasteiger partial charge in [-0.15, -0.1) is 0 Å². The molecule has 0 amide bonds. The van der Waals surface area contributed by atoms with Crippen molar-refractivity contribution in [1.82, 2.24) is 0 Å². The molecule has 0 aliphatic carbocycles. The van der Waals surface area contributed by atoms with Gasteiger partial charge in [-0.2, -0.15) is 0 Å². The van der Waals surface area contributed by atoms with E-state index >= 15 is 0 Å². The van der Waals surface area contributed by atoms with Crippen molar-refractivity contribution >= 4 is 17.9 Å². The Bertz CT molecular complexity index is 1130. The zero-order valence-electron chi connectivity index (χ0n) is 44.9. The molecule has 0 spiro atoms. The fourth-order valence-electron chi connectivity index (χ4n) is 8.60. The van der Waals surface area contributed by atoms with Crippen LogP contribution in [-0.2, 0) is 28.6 Å². The Balaban J connectivity index is 4.34. The number of hydrogen-bond donors (Lipinski definition) is 0. The van der Waals surface area contributed by atoms with Gasteiger partial charge in [-0.1, -0.05) is 237 Å². The molecule has 0 unspecified atom stereocenters. The number of hydrogen-bond acceptors (Lipinski definition) is 6. The van der Waals surface area contributed by atoms with Gasteiger partial charge in [0.25, 0.3) is 0 Å². The van der Waals surface area contributed by atoms with Gasteiger partial charge in [0.2, 0.25) is 0 Å². The predicted molar refractivity (Wildman–Crippen MR) is 289 cm³/mol. The van der Waals surface area contributed by atoms with E-state index in [1.54, 1.807) is 0 Å². The van der Waals surface area contributed by atoms with Gasteiger partial charge in [-0.25, -0.2) is 0 Å². The van der Waals surface area contributed by atoms with Gasteiger partial charge in [0.05, 0.1) is 0 Å². The number of carbonyl (C=O) groups excluding carboxylic acids is 3. The van der Waals surface area contributed by atoms with Crippen molar-refractivity contribution in [3.8, 4) is 0 Å². The average molecular weight is 942 g/mol. The summed E-state index contributed by atoms with van der Waals surface area (Å²) in [4.78, 5) is 38.2. The van der Waals surface area contributed by atoms with Crippen molar-refractivity contribution in [3.63, 3.8) is 0 Å². The third kappa shape index (κ3) is 54.4. The molecule has 0 aromatic rings. The molecule has 0 heterocycles. The minimum Gasteiger partial charge on any atom is -0.462 e. The van der Waals surface area contributed by atoms with Crippen molar-refractivity contribution in [2.75, 3.05) is 13.2 Å². The normalized spacial score (nSPS) is 12.2. The first kappa shape index (κ1) is 64.6. The lowest BCUT2D eigenvalue weighted by Gasteiger charge is -2.18. The summed E-state index contributed by atoms with van der Waals surface area (Å²) in [6.07, 6.45) is 67.0. The highest BCUT2D eigenvalue weighted by Gasteiger charge is 2.19. The summed E-state index contributed by atoms with van der Waals surface area (Å²) in [5, 5.41) is 0. The number of carbonyl (C=O) groups is 3. The maximum absolute atomic E-state index is 12.9. The van der Waals surface area contributed by atoms with E-state index in [2.05, 4.69) is 57.2 Å². The average Bonchev–Trinajstić information content (AvgIpc) is 3.33. The van der Waals surface area contributed by atoms with Gasteiger partial charge < -0.3 is 14.2 Å². The number of unbranched alkanes of at least 4 members (excludes halogenated alkanes) is 37. The van der Waals surface area contributed by atoms with Crippen LogP contribution in [0.1, 0.15) is 316 Å². The third-order valence-electron chi connectivity index (χ3n) is 13.1. The molecule has 0 aromatic heterocycles. The van der Waals surface area contributed by atoms with E-state index in [0.29, 0.717) is 19.3 Å². The highest BCUT2D eigenvalue weighted by atomic mass is 16.6. The van der Waals surface area contributed by atoms with E-state index in [-0.39, 0.29) is 31.1 Å². The Morgan fingerprint density at radius 2 is 0.493 bits per heavy atom. The number of rotatable bonds is 54. The lowest BCUT2D eigenvalue weighted by atomic mass is 10.1. The van der Waals surface area contributed by atoms with Crippen LogP contribution in [0.5, 0.6) is 0 Å². The lowest BCUT2D eigenvalue weighted by molar-refractivity contribution is -0.167. The topological polar surface area (TPSA) is 78.9 Å². The first-order valence-electron chi connectivity index (χ1n) is 29.5. The minimum atomic E-state index is -0.777. The van der Waals surface area contributed by atoms with Gasteiger partial charge in [0.1, 0.15) is 13.2 Å². The minimum absolute atomic E-state index is 0.0752.